The average Bonchev–Trinajstić information content (AvgIpc) is 3.04. The van der Waals surface area contributed by atoms with Crippen LogP contribution in [0.3, 0.4) is 0 Å². The summed E-state index contributed by atoms with van der Waals surface area (Å²) in [5.41, 5.74) is 4.20. The third-order valence-electron chi connectivity index (χ3n) is 9.30. The summed E-state index contributed by atoms with van der Waals surface area (Å²) in [5.74, 6) is 0. The second-order valence-corrected chi connectivity index (χ2v) is 13.6. The maximum absolute atomic E-state index is 14.6. The molecule has 0 fully saturated rings. The highest BCUT2D eigenvalue weighted by molar-refractivity contribution is 5.50. The Kier molecular flexibility index (Phi) is 11.8. The van der Waals surface area contributed by atoms with Crippen molar-refractivity contribution in [2.75, 3.05) is 13.2 Å². The van der Waals surface area contributed by atoms with E-state index >= 15 is 0 Å². The standard InChI is InChI=1S/C40H52N2O4/c1-9-11-27-45-37(39(5,6)31-19-15-13-16-20-31)33-25-23-29(3)35(41(33)43)36-30(4)24-26-34(42(36)44)38(46-28-12-10-2)40(7,8)32-21-17-14-18-22-32/h13-26,37-38H,9-12,27-28H2,1-8H3/t37-,38-/m0/s1. The predicted molar refractivity (Wildman–Crippen MR) is 188 cm³/mol. The van der Waals surface area contributed by atoms with Gasteiger partial charge in [0.25, 0.3) is 11.4 Å². The fourth-order valence-corrected chi connectivity index (χ4v) is 6.30. The van der Waals surface area contributed by atoms with Crippen molar-refractivity contribution in [2.24, 2.45) is 0 Å². The molecule has 2 aromatic carbocycles. The molecule has 4 rings (SSSR count). The zero-order valence-corrected chi connectivity index (χ0v) is 29.0. The maximum Gasteiger partial charge on any atom is 0.289 e. The number of unbranched alkanes of at least 4 members (excludes halogenated alkanes) is 2. The molecule has 0 radical (unpaired) electrons. The van der Waals surface area contributed by atoms with Crippen molar-refractivity contribution in [3.63, 3.8) is 0 Å². The van der Waals surface area contributed by atoms with E-state index in [9.17, 15) is 10.1 Å². The number of nitrogens with zero attached hydrogens (tertiary/aromatic N) is 2. The van der Waals surface area contributed by atoms with Crippen LogP contribution in [0.5, 0.6) is 0 Å². The Morgan fingerprint density at radius 2 is 1.20 bits per heavy atom. The molecule has 0 amide bonds. The van der Waals surface area contributed by atoms with Crippen LogP contribution in [-0.4, -0.2) is 35.2 Å². The molecule has 6 nitrogen and oxygen atoms in total. The highest BCUT2D eigenvalue weighted by Crippen LogP contribution is 2.42. The highest BCUT2D eigenvalue weighted by atomic mass is 16.5. The maximum atomic E-state index is 14.6. The molecule has 2 aliphatic heterocycles. The van der Waals surface area contributed by atoms with Crippen LogP contribution in [0.25, 0.3) is 0 Å². The Balaban J connectivity index is 1.79. The predicted octanol–water partition coefficient (Wildman–Crippen LogP) is 9.79. The Hall–Kier alpha value is -3.58. The Morgan fingerprint density at radius 3 is 1.72 bits per heavy atom. The van der Waals surface area contributed by atoms with Gasteiger partial charge in [-0.25, -0.2) is 0 Å². The highest BCUT2D eigenvalue weighted by Gasteiger charge is 2.47. The van der Waals surface area contributed by atoms with Gasteiger partial charge in [-0.2, -0.15) is 0 Å². The van der Waals surface area contributed by atoms with Gasteiger partial charge in [0.1, 0.15) is 11.8 Å². The fraction of sp³-hybridized carbons (Fsp3) is 0.450. The lowest BCUT2D eigenvalue weighted by Crippen LogP contribution is -2.44. The molecule has 0 saturated heterocycles. The topological polar surface area (TPSA) is 64.8 Å². The van der Waals surface area contributed by atoms with Crippen LogP contribution in [0.1, 0.15) is 92.2 Å². The van der Waals surface area contributed by atoms with Gasteiger partial charge in [-0.1, -0.05) is 121 Å². The molecule has 6 heteroatoms. The zero-order chi connectivity index (χ0) is 33.5. The van der Waals surface area contributed by atoms with E-state index in [4.69, 9.17) is 9.47 Å². The molecule has 0 unspecified atom stereocenters. The normalized spacial score (nSPS) is 18.9. The largest absolute Gasteiger partial charge is 0.754 e. The molecule has 0 aromatic heterocycles. The van der Waals surface area contributed by atoms with Crippen molar-refractivity contribution in [3.05, 3.63) is 140 Å². The number of hydrogen-bond acceptors (Lipinski definition) is 5. The minimum atomic E-state index is -0.538. The monoisotopic (exact) mass is 624 g/mol. The molecule has 2 aromatic rings. The molecule has 0 aliphatic carbocycles. The molecular weight excluding hydrogens is 572 g/mol. The van der Waals surface area contributed by atoms with Crippen molar-refractivity contribution < 1.29 is 14.2 Å². The summed E-state index contributed by atoms with van der Waals surface area (Å²) in [6.45, 7) is 17.5. The second-order valence-electron chi connectivity index (χ2n) is 13.6. The average molecular weight is 625 g/mol. The van der Waals surface area contributed by atoms with Crippen LogP contribution in [-0.2, 0) is 20.3 Å². The summed E-state index contributed by atoms with van der Waals surface area (Å²) >= 11 is 0. The summed E-state index contributed by atoms with van der Waals surface area (Å²) in [4.78, 5) is 14.6. The third-order valence-corrected chi connectivity index (χ3v) is 9.30. The second kappa shape index (κ2) is 15.3. The molecule has 0 bridgehead atoms. The first-order valence-electron chi connectivity index (χ1n) is 16.8. The van der Waals surface area contributed by atoms with Crippen LogP contribution in [0.2, 0.25) is 0 Å². The van der Waals surface area contributed by atoms with Gasteiger partial charge in [0.15, 0.2) is 6.10 Å². The Labute approximate surface area is 276 Å². The summed E-state index contributed by atoms with van der Waals surface area (Å²) in [5, 5.41) is 15.5. The van der Waals surface area contributed by atoms with E-state index in [0.717, 1.165) is 57.8 Å². The first-order chi connectivity index (χ1) is 22.0. The lowest BCUT2D eigenvalue weighted by atomic mass is 9.77. The number of hydrogen-bond donors (Lipinski definition) is 0. The van der Waals surface area contributed by atoms with Gasteiger partial charge in [0.05, 0.1) is 4.76 Å². The summed E-state index contributed by atoms with van der Waals surface area (Å²) < 4.78 is 14.0. The fourth-order valence-electron chi connectivity index (χ4n) is 6.30. The zero-order valence-electron chi connectivity index (χ0n) is 29.0. The molecule has 0 spiro atoms. The van der Waals surface area contributed by atoms with Crippen molar-refractivity contribution in [1.29, 1.82) is 0 Å². The molecule has 0 N–H and O–H groups in total. The Morgan fingerprint density at radius 1 is 0.717 bits per heavy atom. The molecule has 2 atom stereocenters. The van der Waals surface area contributed by atoms with Gasteiger partial charge < -0.3 is 19.7 Å². The van der Waals surface area contributed by atoms with Gasteiger partial charge >= 0.3 is 0 Å². The van der Waals surface area contributed by atoms with Crippen LogP contribution < -0.4 is 0 Å². The van der Waals surface area contributed by atoms with Gasteiger partial charge in [0, 0.05) is 46.3 Å². The van der Waals surface area contributed by atoms with Crippen molar-refractivity contribution in [1.82, 2.24) is 5.06 Å². The SMILES string of the molecule is CCCCO[C@@H](C1=CC=C(C)C(=C2C(C)=CC=C([C@H](OCCCC)C(C)(C)c3ccccc3)[N+]2=O)N1[O-])C(C)(C)c1ccccc1. The van der Waals surface area contributed by atoms with Crippen molar-refractivity contribution in [2.45, 2.75) is 104 Å². The van der Waals surface area contributed by atoms with Crippen LogP contribution in [0, 0.1) is 10.1 Å². The van der Waals surface area contributed by atoms with Gasteiger partial charge in [-0.05, 0) is 55.5 Å². The van der Waals surface area contributed by atoms with E-state index in [-0.39, 0.29) is 0 Å². The van der Waals surface area contributed by atoms with Gasteiger partial charge in [-0.15, -0.1) is 0 Å². The van der Waals surface area contributed by atoms with Crippen molar-refractivity contribution in [3.8, 4) is 0 Å². The molecule has 246 valence electrons. The lowest BCUT2D eigenvalue weighted by molar-refractivity contribution is -0.458. The molecule has 2 heterocycles. The third kappa shape index (κ3) is 7.35. The quantitative estimate of drug-likeness (QED) is 0.155. The molecular formula is C40H52N2O4. The van der Waals surface area contributed by atoms with Gasteiger partial charge in [0.2, 0.25) is 0 Å². The van der Waals surface area contributed by atoms with Crippen molar-refractivity contribution >= 4 is 0 Å². The van der Waals surface area contributed by atoms with E-state index in [2.05, 4.69) is 65.8 Å². The van der Waals surface area contributed by atoms with E-state index in [0.29, 0.717) is 36.0 Å². The number of nitroso groups, excluding NO2 is 1. The first-order valence-corrected chi connectivity index (χ1v) is 16.8. The van der Waals surface area contributed by atoms with Crippen LogP contribution in [0.4, 0.5) is 0 Å². The summed E-state index contributed by atoms with van der Waals surface area (Å²) in [6.07, 6.45) is 10.3. The van der Waals surface area contributed by atoms with E-state index in [1.54, 1.807) is 0 Å². The number of rotatable bonds is 14. The van der Waals surface area contributed by atoms with Gasteiger partial charge in [-0.3, -0.25) is 0 Å². The minimum Gasteiger partial charge on any atom is -0.754 e. The number of ether oxygens (including phenoxy) is 2. The lowest BCUT2D eigenvalue weighted by Gasteiger charge is -2.46. The van der Waals surface area contributed by atoms with Crippen LogP contribution >= 0.6 is 0 Å². The van der Waals surface area contributed by atoms with Crippen LogP contribution in [0.15, 0.2) is 119 Å². The number of hydroxylamine groups is 2. The smallest absolute Gasteiger partial charge is 0.289 e. The van der Waals surface area contributed by atoms with E-state index in [1.165, 1.54) is 0 Å². The Bertz CT molecular complexity index is 1510. The summed E-state index contributed by atoms with van der Waals surface area (Å²) in [7, 11) is 0. The summed E-state index contributed by atoms with van der Waals surface area (Å²) in [6, 6.07) is 20.3. The van der Waals surface area contributed by atoms with E-state index < -0.39 is 23.0 Å². The number of allylic oxidation sites excluding steroid dienone is 6. The number of benzene rings is 2. The minimum absolute atomic E-state index is 0.338. The molecule has 0 saturated carbocycles. The van der Waals surface area contributed by atoms with E-state index in [1.807, 2.05) is 74.5 Å². The molecule has 46 heavy (non-hydrogen) atoms. The first kappa shape index (κ1) is 35.3. The molecule has 2 aliphatic rings.